The summed E-state index contributed by atoms with van der Waals surface area (Å²) in [4.78, 5) is 4.25. The van der Waals surface area contributed by atoms with Gasteiger partial charge in [-0.2, -0.15) is 0 Å². The van der Waals surface area contributed by atoms with Gasteiger partial charge in [0.05, 0.1) is 6.61 Å². The SMILES string of the molecule is CCC(F)(F)C1=CC=CC(C(C)(O)C(N)=NCCCOCc2ccccc2)C1. The van der Waals surface area contributed by atoms with Crippen LogP contribution >= 0.6 is 0 Å². The topological polar surface area (TPSA) is 67.8 Å². The normalized spacial score (nSPS) is 20.0. The van der Waals surface area contributed by atoms with Crippen LogP contribution in [0.15, 0.2) is 59.1 Å². The number of amidine groups is 1. The zero-order valence-corrected chi connectivity index (χ0v) is 16.6. The van der Waals surface area contributed by atoms with Gasteiger partial charge in [0.25, 0.3) is 5.92 Å². The molecule has 1 aromatic carbocycles. The number of nitrogens with two attached hydrogens (primary N) is 1. The van der Waals surface area contributed by atoms with Crippen LogP contribution in [0.3, 0.4) is 0 Å². The summed E-state index contributed by atoms with van der Waals surface area (Å²) in [5, 5.41) is 10.8. The lowest BCUT2D eigenvalue weighted by molar-refractivity contribution is 0.0233. The number of hydrogen-bond acceptors (Lipinski definition) is 3. The number of ether oxygens (including phenoxy) is 1. The number of aliphatic hydroxyl groups is 1. The van der Waals surface area contributed by atoms with Crippen LogP contribution in [0.5, 0.6) is 0 Å². The molecule has 6 heteroatoms. The van der Waals surface area contributed by atoms with Crippen molar-refractivity contribution >= 4 is 5.84 Å². The van der Waals surface area contributed by atoms with Crippen LogP contribution in [-0.2, 0) is 11.3 Å². The fourth-order valence-corrected chi connectivity index (χ4v) is 3.04. The lowest BCUT2D eigenvalue weighted by atomic mass is 9.79. The minimum atomic E-state index is -2.87. The lowest BCUT2D eigenvalue weighted by Gasteiger charge is -2.34. The molecule has 0 amide bonds. The fourth-order valence-electron chi connectivity index (χ4n) is 3.04. The van der Waals surface area contributed by atoms with E-state index < -0.39 is 17.4 Å². The van der Waals surface area contributed by atoms with Crippen molar-refractivity contribution in [3.05, 3.63) is 59.7 Å². The predicted octanol–water partition coefficient (Wildman–Crippen LogP) is 4.25. The van der Waals surface area contributed by atoms with Crippen LogP contribution < -0.4 is 5.73 Å². The third-order valence-corrected chi connectivity index (χ3v) is 5.08. The number of halogens is 2. The van der Waals surface area contributed by atoms with E-state index in [2.05, 4.69) is 4.99 Å². The summed E-state index contributed by atoms with van der Waals surface area (Å²) in [6, 6.07) is 9.87. The van der Waals surface area contributed by atoms with E-state index in [1.54, 1.807) is 12.2 Å². The Morgan fingerprint density at radius 1 is 1.32 bits per heavy atom. The summed E-state index contributed by atoms with van der Waals surface area (Å²) < 4.78 is 33.6. The average Bonchev–Trinajstić information content (AvgIpc) is 2.71. The van der Waals surface area contributed by atoms with Gasteiger partial charge in [-0.3, -0.25) is 4.99 Å². The molecular formula is C22H30F2N2O2. The fraction of sp³-hybridized carbons (Fsp3) is 0.500. The molecule has 2 unspecified atom stereocenters. The molecule has 0 aromatic heterocycles. The maximum absolute atomic E-state index is 14.0. The number of hydrogen-bond donors (Lipinski definition) is 2. The van der Waals surface area contributed by atoms with Crippen LogP contribution in [0.2, 0.25) is 0 Å². The summed E-state index contributed by atoms with van der Waals surface area (Å²) in [7, 11) is 0. The van der Waals surface area contributed by atoms with Gasteiger partial charge in [-0.25, -0.2) is 8.78 Å². The molecule has 0 spiro atoms. The third kappa shape index (κ3) is 5.97. The van der Waals surface area contributed by atoms with E-state index in [-0.39, 0.29) is 24.3 Å². The Bertz CT molecular complexity index is 713. The quantitative estimate of drug-likeness (QED) is 0.355. The van der Waals surface area contributed by atoms with Gasteiger partial charge in [0.15, 0.2) is 0 Å². The molecule has 2 rings (SSSR count). The van der Waals surface area contributed by atoms with E-state index in [0.717, 1.165) is 5.56 Å². The zero-order valence-electron chi connectivity index (χ0n) is 16.6. The second kappa shape index (κ2) is 9.94. The van der Waals surface area contributed by atoms with E-state index in [1.807, 2.05) is 30.3 Å². The number of nitrogens with zero attached hydrogens (tertiary/aromatic N) is 1. The van der Waals surface area contributed by atoms with Crippen LogP contribution in [0, 0.1) is 5.92 Å². The number of aliphatic imine (C=N–C) groups is 1. The van der Waals surface area contributed by atoms with E-state index in [1.165, 1.54) is 19.9 Å². The van der Waals surface area contributed by atoms with Gasteiger partial charge in [0.2, 0.25) is 0 Å². The van der Waals surface area contributed by atoms with E-state index in [4.69, 9.17) is 10.5 Å². The standard InChI is InChI=1S/C22H30F2N2O2/c1-3-22(23,24)19-12-7-11-18(15-19)21(2,27)20(25)26-13-8-14-28-16-17-9-5-4-6-10-17/h4-7,9-12,18,27H,3,8,13-16H2,1-2H3,(H2,25,26). The Morgan fingerprint density at radius 2 is 2.04 bits per heavy atom. The Balaban J connectivity index is 1.82. The Morgan fingerprint density at radius 3 is 2.71 bits per heavy atom. The second-order valence-electron chi connectivity index (χ2n) is 7.25. The van der Waals surface area contributed by atoms with E-state index in [9.17, 15) is 13.9 Å². The van der Waals surface area contributed by atoms with Crippen LogP contribution in [0.25, 0.3) is 0 Å². The second-order valence-corrected chi connectivity index (χ2v) is 7.25. The Labute approximate surface area is 165 Å². The summed E-state index contributed by atoms with van der Waals surface area (Å²) in [5.41, 5.74) is 5.63. The van der Waals surface area contributed by atoms with Crippen molar-refractivity contribution in [1.29, 1.82) is 0 Å². The van der Waals surface area contributed by atoms with E-state index >= 15 is 0 Å². The van der Waals surface area contributed by atoms with Gasteiger partial charge in [0.1, 0.15) is 11.4 Å². The highest BCUT2D eigenvalue weighted by Gasteiger charge is 2.40. The molecule has 2 atom stereocenters. The number of allylic oxidation sites excluding steroid dienone is 3. The molecule has 154 valence electrons. The molecule has 0 radical (unpaired) electrons. The zero-order chi connectivity index (χ0) is 20.6. The van der Waals surface area contributed by atoms with Gasteiger partial charge in [0, 0.05) is 25.5 Å². The predicted molar refractivity (Wildman–Crippen MR) is 108 cm³/mol. The van der Waals surface area contributed by atoms with Crippen LogP contribution in [-0.4, -0.2) is 35.6 Å². The maximum Gasteiger partial charge on any atom is 0.269 e. The molecule has 0 saturated carbocycles. The Kier molecular flexibility index (Phi) is 7.89. The van der Waals surface area contributed by atoms with Gasteiger partial charge >= 0.3 is 0 Å². The van der Waals surface area contributed by atoms with Gasteiger partial charge in [-0.05, 0) is 30.9 Å². The minimum Gasteiger partial charge on any atom is -0.385 e. The summed E-state index contributed by atoms with van der Waals surface area (Å²) in [5.74, 6) is -3.35. The van der Waals surface area contributed by atoms with Gasteiger partial charge in [-0.15, -0.1) is 0 Å². The average molecular weight is 392 g/mol. The van der Waals surface area contributed by atoms with Crippen LogP contribution in [0.4, 0.5) is 8.78 Å². The molecular weight excluding hydrogens is 362 g/mol. The van der Waals surface area contributed by atoms with Crippen molar-refractivity contribution in [2.24, 2.45) is 16.6 Å². The highest BCUT2D eigenvalue weighted by atomic mass is 19.3. The Hall–Kier alpha value is -2.05. The molecule has 4 nitrogen and oxygen atoms in total. The molecule has 1 aliphatic rings. The smallest absolute Gasteiger partial charge is 0.269 e. The first kappa shape index (κ1) is 22.2. The molecule has 1 aliphatic carbocycles. The molecule has 1 aromatic rings. The number of benzene rings is 1. The van der Waals surface area contributed by atoms with Crippen molar-refractivity contribution in [3.63, 3.8) is 0 Å². The highest BCUT2D eigenvalue weighted by Crippen LogP contribution is 2.38. The van der Waals surface area contributed by atoms with Crippen molar-refractivity contribution in [2.75, 3.05) is 13.2 Å². The van der Waals surface area contributed by atoms with Crippen molar-refractivity contribution in [3.8, 4) is 0 Å². The first-order valence-corrected chi connectivity index (χ1v) is 9.67. The molecule has 0 bridgehead atoms. The maximum atomic E-state index is 14.0. The molecule has 0 heterocycles. The number of alkyl halides is 2. The van der Waals surface area contributed by atoms with Crippen molar-refractivity contribution in [2.45, 2.75) is 51.2 Å². The summed E-state index contributed by atoms with van der Waals surface area (Å²) in [6.07, 6.45) is 5.14. The molecule has 0 aliphatic heterocycles. The first-order chi connectivity index (χ1) is 13.3. The molecule has 3 N–H and O–H groups in total. The summed E-state index contributed by atoms with van der Waals surface area (Å²) in [6.45, 7) is 4.43. The van der Waals surface area contributed by atoms with Gasteiger partial charge in [-0.1, -0.05) is 55.5 Å². The minimum absolute atomic E-state index is 0.0184. The van der Waals surface area contributed by atoms with Gasteiger partial charge < -0.3 is 15.6 Å². The molecule has 0 saturated heterocycles. The van der Waals surface area contributed by atoms with Crippen molar-refractivity contribution < 1.29 is 18.6 Å². The number of rotatable bonds is 10. The molecule has 0 fully saturated rings. The monoisotopic (exact) mass is 392 g/mol. The summed E-state index contributed by atoms with van der Waals surface area (Å²) >= 11 is 0. The first-order valence-electron chi connectivity index (χ1n) is 9.67. The van der Waals surface area contributed by atoms with Crippen LogP contribution in [0.1, 0.15) is 38.7 Å². The van der Waals surface area contributed by atoms with Crippen molar-refractivity contribution in [1.82, 2.24) is 0 Å². The molecule has 28 heavy (non-hydrogen) atoms. The third-order valence-electron chi connectivity index (χ3n) is 5.08. The van der Waals surface area contributed by atoms with E-state index in [0.29, 0.717) is 26.2 Å². The lowest BCUT2D eigenvalue weighted by Crippen LogP contribution is -2.48. The largest absolute Gasteiger partial charge is 0.385 e. The highest BCUT2D eigenvalue weighted by molar-refractivity contribution is 5.89.